The lowest BCUT2D eigenvalue weighted by Gasteiger charge is -2.03. The lowest BCUT2D eigenvalue weighted by atomic mass is 10.2. The molecule has 0 aliphatic heterocycles. The van der Waals surface area contributed by atoms with Gasteiger partial charge in [0.2, 0.25) is 0 Å². The Morgan fingerprint density at radius 2 is 2.12 bits per heavy atom. The smallest absolute Gasteiger partial charge is 0.165 e. The van der Waals surface area contributed by atoms with Crippen molar-refractivity contribution < 1.29 is 0 Å². The lowest BCUT2D eigenvalue weighted by molar-refractivity contribution is 0.613. The predicted octanol–water partition coefficient (Wildman–Crippen LogP) is 2.43. The molecule has 0 aliphatic carbocycles. The fourth-order valence-corrected chi connectivity index (χ4v) is 2.18. The van der Waals surface area contributed by atoms with Crippen LogP contribution in [-0.2, 0) is 6.54 Å². The number of halogens is 1. The number of anilines is 1. The van der Waals surface area contributed by atoms with Gasteiger partial charge < -0.3 is 9.88 Å². The summed E-state index contributed by atoms with van der Waals surface area (Å²) in [5, 5.41) is 4.10. The number of fused-ring (bicyclic) bond motifs is 1. The molecule has 0 unspecified atom stereocenters. The fourth-order valence-electron chi connectivity index (χ4n) is 1.78. The maximum atomic E-state index is 4.35. The third-order valence-electron chi connectivity index (χ3n) is 2.67. The van der Waals surface area contributed by atoms with Crippen molar-refractivity contribution in [2.24, 2.45) is 0 Å². The standard InChI is InChI=1S/C11H16BrN5/c1-13-10-9-11(15-7-14-10)17(8-16-9)6-4-2-3-5-12/h7-8H,2-6H2,1H3,(H,13,14,15). The Hall–Kier alpha value is -1.17. The number of rotatable bonds is 6. The number of imidazole rings is 1. The van der Waals surface area contributed by atoms with Crippen molar-refractivity contribution in [2.45, 2.75) is 25.8 Å². The highest BCUT2D eigenvalue weighted by atomic mass is 79.9. The van der Waals surface area contributed by atoms with E-state index in [1.807, 2.05) is 13.4 Å². The number of aryl methyl sites for hydroxylation is 1. The molecule has 0 amide bonds. The zero-order valence-corrected chi connectivity index (χ0v) is 11.4. The Bertz CT molecular complexity index is 482. The first-order chi connectivity index (χ1) is 8.36. The minimum absolute atomic E-state index is 0.786. The third-order valence-corrected chi connectivity index (χ3v) is 3.23. The Labute approximate surface area is 109 Å². The van der Waals surface area contributed by atoms with E-state index >= 15 is 0 Å². The zero-order chi connectivity index (χ0) is 12.1. The summed E-state index contributed by atoms with van der Waals surface area (Å²) >= 11 is 3.44. The molecule has 0 aliphatic rings. The first-order valence-electron chi connectivity index (χ1n) is 5.76. The second kappa shape index (κ2) is 5.95. The van der Waals surface area contributed by atoms with Gasteiger partial charge in [-0.05, 0) is 12.8 Å². The quantitative estimate of drug-likeness (QED) is 0.657. The van der Waals surface area contributed by atoms with Crippen molar-refractivity contribution in [1.29, 1.82) is 0 Å². The van der Waals surface area contributed by atoms with E-state index in [9.17, 15) is 0 Å². The van der Waals surface area contributed by atoms with E-state index < -0.39 is 0 Å². The van der Waals surface area contributed by atoms with Crippen molar-refractivity contribution in [1.82, 2.24) is 19.5 Å². The average Bonchev–Trinajstić information content (AvgIpc) is 2.78. The van der Waals surface area contributed by atoms with E-state index in [-0.39, 0.29) is 0 Å². The second-order valence-electron chi connectivity index (χ2n) is 3.83. The van der Waals surface area contributed by atoms with E-state index in [1.54, 1.807) is 6.33 Å². The van der Waals surface area contributed by atoms with Crippen LogP contribution in [0.15, 0.2) is 12.7 Å². The van der Waals surface area contributed by atoms with Gasteiger partial charge in [-0.25, -0.2) is 15.0 Å². The fraction of sp³-hybridized carbons (Fsp3) is 0.545. The van der Waals surface area contributed by atoms with Gasteiger partial charge in [-0.1, -0.05) is 22.4 Å². The molecule has 0 aromatic carbocycles. The summed E-state index contributed by atoms with van der Waals surface area (Å²) < 4.78 is 2.09. The molecule has 1 N–H and O–H groups in total. The van der Waals surface area contributed by atoms with Crippen molar-refractivity contribution in [3.8, 4) is 0 Å². The molecule has 0 fully saturated rings. The molecule has 0 saturated heterocycles. The van der Waals surface area contributed by atoms with Crippen LogP contribution in [0.1, 0.15) is 19.3 Å². The summed E-state index contributed by atoms with van der Waals surface area (Å²) in [4.78, 5) is 12.8. The van der Waals surface area contributed by atoms with Crippen LogP contribution in [0.4, 0.5) is 5.82 Å². The second-order valence-corrected chi connectivity index (χ2v) is 4.63. The first-order valence-corrected chi connectivity index (χ1v) is 6.88. The molecule has 0 saturated carbocycles. The van der Waals surface area contributed by atoms with Crippen LogP contribution >= 0.6 is 15.9 Å². The van der Waals surface area contributed by atoms with Crippen LogP contribution in [0.2, 0.25) is 0 Å². The summed E-state index contributed by atoms with van der Waals surface area (Å²) in [5.41, 5.74) is 1.75. The molecule has 6 heteroatoms. The predicted molar refractivity (Wildman–Crippen MR) is 72.5 cm³/mol. The Morgan fingerprint density at radius 1 is 1.24 bits per heavy atom. The van der Waals surface area contributed by atoms with Crippen LogP contribution in [0.25, 0.3) is 11.2 Å². The van der Waals surface area contributed by atoms with Crippen LogP contribution in [0.3, 0.4) is 0 Å². The highest BCUT2D eigenvalue weighted by molar-refractivity contribution is 9.09. The monoisotopic (exact) mass is 297 g/mol. The SMILES string of the molecule is CNc1ncnc2c1ncn2CCCCCBr. The molecular weight excluding hydrogens is 282 g/mol. The normalized spacial score (nSPS) is 10.9. The first kappa shape index (κ1) is 12.3. The largest absolute Gasteiger partial charge is 0.371 e. The molecule has 0 bridgehead atoms. The Balaban J connectivity index is 2.13. The highest BCUT2D eigenvalue weighted by Gasteiger charge is 2.08. The van der Waals surface area contributed by atoms with Gasteiger partial charge in [0.1, 0.15) is 11.8 Å². The maximum absolute atomic E-state index is 4.35. The lowest BCUT2D eigenvalue weighted by Crippen LogP contribution is -1.99. The Morgan fingerprint density at radius 3 is 2.88 bits per heavy atom. The number of alkyl halides is 1. The molecule has 2 aromatic heterocycles. The molecule has 2 rings (SSSR count). The van der Waals surface area contributed by atoms with Gasteiger partial charge in [0, 0.05) is 18.9 Å². The molecule has 0 atom stereocenters. The number of nitrogens with zero attached hydrogens (tertiary/aromatic N) is 4. The highest BCUT2D eigenvalue weighted by Crippen LogP contribution is 2.17. The molecule has 2 aromatic rings. The molecule has 2 heterocycles. The van der Waals surface area contributed by atoms with Crippen LogP contribution in [0.5, 0.6) is 0 Å². The summed E-state index contributed by atoms with van der Waals surface area (Å²) in [6, 6.07) is 0. The van der Waals surface area contributed by atoms with E-state index in [4.69, 9.17) is 0 Å². The van der Waals surface area contributed by atoms with Crippen molar-refractivity contribution in [3.05, 3.63) is 12.7 Å². The van der Waals surface area contributed by atoms with E-state index in [1.165, 1.54) is 12.8 Å². The number of hydrogen-bond donors (Lipinski definition) is 1. The maximum Gasteiger partial charge on any atom is 0.165 e. The summed E-state index contributed by atoms with van der Waals surface area (Å²) in [6.45, 7) is 0.962. The van der Waals surface area contributed by atoms with Crippen LogP contribution < -0.4 is 5.32 Å². The van der Waals surface area contributed by atoms with Crippen LogP contribution in [-0.4, -0.2) is 31.9 Å². The number of aromatic nitrogens is 4. The van der Waals surface area contributed by atoms with Crippen molar-refractivity contribution in [2.75, 3.05) is 17.7 Å². The van der Waals surface area contributed by atoms with Gasteiger partial charge in [-0.3, -0.25) is 0 Å². The molecular formula is C11H16BrN5. The van der Waals surface area contributed by atoms with Crippen LogP contribution in [0, 0.1) is 0 Å². The van der Waals surface area contributed by atoms with Gasteiger partial charge in [-0.2, -0.15) is 0 Å². The zero-order valence-electron chi connectivity index (χ0n) is 9.86. The van der Waals surface area contributed by atoms with E-state index in [0.717, 1.165) is 35.3 Å². The van der Waals surface area contributed by atoms with Gasteiger partial charge >= 0.3 is 0 Å². The number of nitrogens with one attached hydrogen (secondary N) is 1. The summed E-state index contributed by atoms with van der Waals surface area (Å²) in [7, 11) is 1.84. The molecule has 92 valence electrons. The minimum Gasteiger partial charge on any atom is -0.371 e. The average molecular weight is 298 g/mol. The molecule has 5 nitrogen and oxygen atoms in total. The van der Waals surface area contributed by atoms with Gasteiger partial charge in [0.25, 0.3) is 0 Å². The van der Waals surface area contributed by atoms with Gasteiger partial charge in [0.15, 0.2) is 11.5 Å². The Kier molecular flexibility index (Phi) is 4.30. The van der Waals surface area contributed by atoms with E-state index in [0.29, 0.717) is 0 Å². The number of hydrogen-bond acceptors (Lipinski definition) is 4. The van der Waals surface area contributed by atoms with Gasteiger partial charge in [0.05, 0.1) is 6.33 Å². The molecule has 0 spiro atoms. The third kappa shape index (κ3) is 2.74. The van der Waals surface area contributed by atoms with Crippen molar-refractivity contribution in [3.63, 3.8) is 0 Å². The molecule has 17 heavy (non-hydrogen) atoms. The molecule has 0 radical (unpaired) electrons. The topological polar surface area (TPSA) is 55.6 Å². The van der Waals surface area contributed by atoms with Crippen molar-refractivity contribution >= 4 is 32.9 Å². The number of unbranched alkanes of at least 4 members (excludes halogenated alkanes) is 2. The minimum atomic E-state index is 0.786. The van der Waals surface area contributed by atoms with E-state index in [2.05, 4.69) is 40.8 Å². The summed E-state index contributed by atoms with van der Waals surface area (Å²) in [5.74, 6) is 0.786. The summed E-state index contributed by atoms with van der Waals surface area (Å²) in [6.07, 6.45) is 6.99. The van der Waals surface area contributed by atoms with Gasteiger partial charge in [-0.15, -0.1) is 0 Å².